The predicted molar refractivity (Wildman–Crippen MR) is 254 cm³/mol. The Hall–Kier alpha value is 0.110. The number of ether oxygens (including phenoxy) is 2. The van der Waals surface area contributed by atoms with E-state index in [-0.39, 0.29) is 6.29 Å². The van der Waals surface area contributed by atoms with Crippen LogP contribution in [0.1, 0.15) is 220 Å². The molecular weight excluding hydrogens is 751 g/mol. The summed E-state index contributed by atoms with van der Waals surface area (Å²) in [5.41, 5.74) is 1.15. The maximum atomic E-state index is 9.50. The number of fused-ring (bicyclic) bond motifs is 5. The van der Waals surface area contributed by atoms with Gasteiger partial charge in [-0.2, -0.15) is 10.6 Å². The van der Waals surface area contributed by atoms with Crippen molar-refractivity contribution in [1.29, 1.82) is 0 Å². The summed E-state index contributed by atoms with van der Waals surface area (Å²) in [4.78, 5) is 2.72. The highest BCUT2D eigenvalue weighted by molar-refractivity contribution is 8.24. The quantitative estimate of drug-likeness (QED) is 0.0514. The zero-order chi connectivity index (χ0) is 42.4. The Balaban J connectivity index is 1.11. The minimum absolute atomic E-state index is 0.137. The summed E-state index contributed by atoms with van der Waals surface area (Å²) in [5, 5.41) is 9.50. The van der Waals surface area contributed by atoms with Gasteiger partial charge in [0.1, 0.15) is 0 Å². The maximum Gasteiger partial charge on any atom is 0.180 e. The van der Waals surface area contributed by atoms with Gasteiger partial charge in [0.05, 0.1) is 12.7 Å². The molecule has 0 amide bonds. The zero-order valence-electron chi connectivity index (χ0n) is 40.4. The largest absolute Gasteiger partial charge is 0.396 e. The number of hydrogen-bond donors (Lipinski definition) is 1. The van der Waals surface area contributed by atoms with Gasteiger partial charge in [0, 0.05) is 39.3 Å². The van der Waals surface area contributed by atoms with Crippen LogP contribution in [-0.2, 0) is 17.8 Å². The minimum atomic E-state index is -1.60. The van der Waals surface area contributed by atoms with Gasteiger partial charge in [-0.15, -0.1) is 0 Å². The average molecular weight is 852 g/mol. The van der Waals surface area contributed by atoms with Gasteiger partial charge in [-0.05, 0) is 169 Å². The number of hydrogen-bond acceptors (Lipinski definition) is 6. The van der Waals surface area contributed by atoms with E-state index in [9.17, 15) is 5.11 Å². The summed E-state index contributed by atoms with van der Waals surface area (Å²) in [6.07, 6.45) is 43.7. The second kappa shape index (κ2) is 28.1. The molecule has 7 unspecified atom stereocenters. The van der Waals surface area contributed by atoms with E-state index >= 15 is 0 Å². The topological polar surface area (TPSA) is 60.4 Å². The molecule has 0 saturated heterocycles. The van der Waals surface area contributed by atoms with Gasteiger partial charge in [-0.3, -0.25) is 8.37 Å². The molecule has 0 aromatic rings. The normalized spacial score (nSPS) is 30.3. The van der Waals surface area contributed by atoms with E-state index in [2.05, 4.69) is 45.1 Å². The van der Waals surface area contributed by atoms with E-state index in [0.717, 1.165) is 81.5 Å². The second-order valence-corrected chi connectivity index (χ2v) is 23.8. The summed E-state index contributed by atoms with van der Waals surface area (Å²) >= 11 is 0. The predicted octanol–water partition coefficient (Wildman–Crippen LogP) is 14.5. The number of unbranched alkanes of at least 4 members (excludes halogenated alkanes) is 14. The van der Waals surface area contributed by atoms with Crippen LogP contribution in [0.4, 0.5) is 0 Å². The van der Waals surface area contributed by atoms with Crippen LogP contribution in [-0.4, -0.2) is 81.5 Å². The fourth-order valence-corrected chi connectivity index (χ4v) is 14.3. The fourth-order valence-electron chi connectivity index (χ4n) is 13.0. The number of aliphatic hydroxyl groups is 1. The molecule has 4 rings (SSSR count). The molecule has 6 nitrogen and oxygen atoms in total. The molecule has 0 aliphatic heterocycles. The van der Waals surface area contributed by atoms with Crippen LogP contribution >= 0.6 is 10.6 Å². The van der Waals surface area contributed by atoms with E-state index in [4.69, 9.17) is 17.8 Å². The van der Waals surface area contributed by atoms with Gasteiger partial charge >= 0.3 is 0 Å². The molecule has 0 aromatic heterocycles. The SMILES string of the molecule is CCCCCCCCOC(CCCCCCC)OS(C)(C)OCCCCCCN(CCCCO)CCCCC1CCC2C3CCC4CC(OC)CC[C@]4(C)C3CC[C@]12C. The fraction of sp³-hybridized carbons (Fsp3) is 1.00. The summed E-state index contributed by atoms with van der Waals surface area (Å²) in [5.74, 6) is 4.74. The molecule has 59 heavy (non-hydrogen) atoms. The third-order valence-electron chi connectivity index (χ3n) is 16.7. The summed E-state index contributed by atoms with van der Waals surface area (Å²) < 4.78 is 25.2. The highest BCUT2D eigenvalue weighted by Gasteiger charge is 2.59. The summed E-state index contributed by atoms with van der Waals surface area (Å²) in [7, 11) is 0.336. The molecule has 0 bridgehead atoms. The molecule has 4 saturated carbocycles. The van der Waals surface area contributed by atoms with Crippen LogP contribution in [0.5, 0.6) is 0 Å². The van der Waals surface area contributed by atoms with Crippen molar-refractivity contribution in [3.8, 4) is 0 Å². The molecule has 9 atom stereocenters. The summed E-state index contributed by atoms with van der Waals surface area (Å²) in [6.45, 7) is 15.5. The van der Waals surface area contributed by atoms with Crippen LogP contribution in [0.15, 0.2) is 0 Å². The molecule has 350 valence electrons. The molecule has 1 N–H and O–H groups in total. The Morgan fingerprint density at radius 2 is 1.25 bits per heavy atom. The van der Waals surface area contributed by atoms with Crippen LogP contribution < -0.4 is 0 Å². The van der Waals surface area contributed by atoms with Gasteiger partial charge in [0.25, 0.3) is 0 Å². The first-order valence-electron chi connectivity index (χ1n) is 26.1. The first kappa shape index (κ1) is 51.7. The Morgan fingerprint density at radius 1 is 0.644 bits per heavy atom. The van der Waals surface area contributed by atoms with Crippen molar-refractivity contribution in [3.05, 3.63) is 0 Å². The first-order chi connectivity index (χ1) is 28.6. The lowest BCUT2D eigenvalue weighted by atomic mass is 9.44. The van der Waals surface area contributed by atoms with E-state index in [1.54, 1.807) is 0 Å². The Kier molecular flexibility index (Phi) is 24.7. The van der Waals surface area contributed by atoms with Gasteiger partial charge < -0.3 is 19.5 Å². The maximum absolute atomic E-state index is 9.50. The molecule has 4 aliphatic carbocycles. The highest BCUT2D eigenvalue weighted by Crippen LogP contribution is 2.68. The number of aliphatic hydroxyl groups excluding tert-OH is 1. The Morgan fingerprint density at radius 3 is 1.97 bits per heavy atom. The first-order valence-corrected chi connectivity index (χ1v) is 28.4. The third kappa shape index (κ3) is 16.9. The molecule has 7 heteroatoms. The zero-order valence-corrected chi connectivity index (χ0v) is 41.2. The highest BCUT2D eigenvalue weighted by atomic mass is 32.3. The lowest BCUT2D eigenvalue weighted by molar-refractivity contribution is -0.130. The van der Waals surface area contributed by atoms with Crippen molar-refractivity contribution in [2.75, 3.05) is 59.1 Å². The van der Waals surface area contributed by atoms with Crippen molar-refractivity contribution < 1.29 is 22.9 Å². The van der Waals surface area contributed by atoms with Crippen molar-refractivity contribution in [2.45, 2.75) is 233 Å². The Labute approximate surface area is 369 Å². The molecule has 0 heterocycles. The van der Waals surface area contributed by atoms with Gasteiger partial charge in [0.2, 0.25) is 0 Å². The van der Waals surface area contributed by atoms with Crippen molar-refractivity contribution in [2.24, 2.45) is 40.4 Å². The van der Waals surface area contributed by atoms with Crippen LogP contribution in [0.3, 0.4) is 0 Å². The monoisotopic (exact) mass is 852 g/mol. The van der Waals surface area contributed by atoms with Crippen molar-refractivity contribution >= 4 is 10.6 Å². The lowest BCUT2D eigenvalue weighted by Crippen LogP contribution is -2.54. The lowest BCUT2D eigenvalue weighted by Gasteiger charge is -2.61. The number of rotatable bonds is 34. The molecular formula is C52H101NO5S. The van der Waals surface area contributed by atoms with Gasteiger partial charge in [-0.25, -0.2) is 0 Å². The number of nitrogens with zero attached hydrogens (tertiary/aromatic N) is 1. The Bertz CT molecular complexity index is 1080. The second-order valence-electron chi connectivity index (χ2n) is 21.1. The van der Waals surface area contributed by atoms with Gasteiger partial charge in [0.15, 0.2) is 6.29 Å². The minimum Gasteiger partial charge on any atom is -0.396 e. The molecule has 4 fully saturated rings. The smallest absolute Gasteiger partial charge is 0.180 e. The van der Waals surface area contributed by atoms with E-state index in [1.165, 1.54) is 174 Å². The van der Waals surface area contributed by atoms with E-state index < -0.39 is 10.6 Å². The summed E-state index contributed by atoms with van der Waals surface area (Å²) in [6, 6.07) is 0. The standard InChI is InChI=1S/C52H101NO5S/c1-8-10-12-14-17-25-41-56-50(28-19-15-13-11-9-2)58-59(6,7)57-42-26-18-16-21-37-53(39-23-24-40-54)38-22-20-27-44-30-32-48-47-31-29-45-43-46(55-5)33-35-52(45,4)49(47)34-36-51(44,48)3/h44-50,54H,8-43H2,1-7H3/t44?,45?,46?,47?,48?,49?,50?,51-,52+/m1/s1. The molecule has 4 aliphatic rings. The average Bonchev–Trinajstić information content (AvgIpc) is 3.56. The van der Waals surface area contributed by atoms with Crippen molar-refractivity contribution in [1.82, 2.24) is 4.90 Å². The molecule has 0 spiro atoms. The van der Waals surface area contributed by atoms with Crippen LogP contribution in [0.25, 0.3) is 0 Å². The molecule has 0 radical (unpaired) electrons. The van der Waals surface area contributed by atoms with Crippen LogP contribution in [0, 0.1) is 40.4 Å². The van der Waals surface area contributed by atoms with Crippen LogP contribution in [0.2, 0.25) is 0 Å². The number of methoxy groups -OCH3 is 1. The molecule has 0 aromatic carbocycles. The third-order valence-corrected chi connectivity index (χ3v) is 18.1. The van der Waals surface area contributed by atoms with E-state index in [0.29, 0.717) is 23.5 Å². The van der Waals surface area contributed by atoms with Crippen molar-refractivity contribution in [3.63, 3.8) is 0 Å². The van der Waals surface area contributed by atoms with E-state index in [1.807, 2.05) is 7.11 Å². The van der Waals surface area contributed by atoms with Gasteiger partial charge in [-0.1, -0.05) is 105 Å².